The largest absolute Gasteiger partial charge is 0.454 e. The molecule has 1 aliphatic rings. The van der Waals surface area contributed by atoms with Crippen molar-refractivity contribution in [1.82, 2.24) is 0 Å². The Hall–Kier alpha value is -0.870. The van der Waals surface area contributed by atoms with Crippen LogP contribution in [0.5, 0.6) is 11.5 Å². The van der Waals surface area contributed by atoms with E-state index in [4.69, 9.17) is 14.6 Å². The van der Waals surface area contributed by atoms with E-state index in [9.17, 15) is 0 Å². The molecule has 0 aliphatic carbocycles. The molecular formula is C12H16O3S. The van der Waals surface area contributed by atoms with E-state index in [1.54, 1.807) is 0 Å². The van der Waals surface area contributed by atoms with Gasteiger partial charge in [0.25, 0.3) is 0 Å². The normalized spacial score (nSPS) is 15.1. The fraction of sp³-hybridized carbons (Fsp3) is 0.500. The number of hydrogen-bond acceptors (Lipinski definition) is 4. The molecule has 88 valence electrons. The lowest BCUT2D eigenvalue weighted by Crippen LogP contribution is -1.99. The van der Waals surface area contributed by atoms with Crippen LogP contribution in [0.3, 0.4) is 0 Å². The molecule has 0 bridgehead atoms. The summed E-state index contributed by atoms with van der Waals surface area (Å²) in [6, 6.07) is 6.04. The van der Waals surface area contributed by atoms with E-state index in [2.05, 4.69) is 13.0 Å². The fourth-order valence-corrected chi connectivity index (χ4v) is 2.46. The van der Waals surface area contributed by atoms with Crippen molar-refractivity contribution in [1.29, 1.82) is 0 Å². The van der Waals surface area contributed by atoms with Crippen LogP contribution in [0, 0.1) is 0 Å². The maximum absolute atomic E-state index is 8.81. The first kappa shape index (κ1) is 11.6. The van der Waals surface area contributed by atoms with E-state index in [-0.39, 0.29) is 6.61 Å². The second-order valence-corrected chi connectivity index (χ2v) is 5.25. The van der Waals surface area contributed by atoms with Gasteiger partial charge in [-0.3, -0.25) is 0 Å². The molecule has 1 N–H and O–H groups in total. The summed E-state index contributed by atoms with van der Waals surface area (Å²) in [7, 11) is 0. The Morgan fingerprint density at radius 1 is 1.38 bits per heavy atom. The van der Waals surface area contributed by atoms with Gasteiger partial charge in [0.2, 0.25) is 6.79 Å². The Kier molecular flexibility index (Phi) is 3.96. The van der Waals surface area contributed by atoms with Crippen molar-refractivity contribution < 1.29 is 14.6 Å². The first-order valence-electron chi connectivity index (χ1n) is 5.40. The number of aliphatic hydroxyl groups excluding tert-OH is 1. The minimum atomic E-state index is 0.259. The Bertz CT molecular complexity index is 354. The summed E-state index contributed by atoms with van der Waals surface area (Å²) in [6.07, 6.45) is 0.842. The van der Waals surface area contributed by atoms with Crippen LogP contribution in [-0.2, 0) is 5.75 Å². The third kappa shape index (κ3) is 2.83. The first-order chi connectivity index (χ1) is 7.79. The average molecular weight is 240 g/mol. The predicted octanol–water partition coefficient (Wildman–Crippen LogP) is 2.42. The zero-order valence-electron chi connectivity index (χ0n) is 9.31. The summed E-state index contributed by atoms with van der Waals surface area (Å²) in [6.45, 7) is 2.72. The summed E-state index contributed by atoms with van der Waals surface area (Å²) < 4.78 is 10.6. The number of hydrogen-bond donors (Lipinski definition) is 1. The summed E-state index contributed by atoms with van der Waals surface area (Å²) in [5.74, 6) is 2.61. The van der Waals surface area contributed by atoms with Crippen LogP contribution in [0.2, 0.25) is 0 Å². The molecule has 1 aromatic carbocycles. The molecule has 0 fully saturated rings. The lowest BCUT2D eigenvalue weighted by molar-refractivity contribution is 0.174. The van der Waals surface area contributed by atoms with Crippen molar-refractivity contribution in [3.8, 4) is 11.5 Å². The summed E-state index contributed by atoms with van der Waals surface area (Å²) in [4.78, 5) is 0. The Balaban J connectivity index is 1.90. The Labute approximate surface area is 99.8 Å². The SMILES string of the molecule is CC(CCO)SCc1ccc2c(c1)OCO2. The van der Waals surface area contributed by atoms with Gasteiger partial charge in [-0.25, -0.2) is 0 Å². The highest BCUT2D eigenvalue weighted by molar-refractivity contribution is 7.99. The molecular weight excluding hydrogens is 224 g/mol. The summed E-state index contributed by atoms with van der Waals surface area (Å²) >= 11 is 1.84. The summed E-state index contributed by atoms with van der Waals surface area (Å²) in [5.41, 5.74) is 1.24. The van der Waals surface area contributed by atoms with Crippen molar-refractivity contribution in [3.05, 3.63) is 23.8 Å². The quantitative estimate of drug-likeness (QED) is 0.858. The second kappa shape index (κ2) is 5.46. The van der Waals surface area contributed by atoms with Crippen LogP contribution < -0.4 is 9.47 Å². The van der Waals surface area contributed by atoms with Crippen molar-refractivity contribution in [2.45, 2.75) is 24.3 Å². The number of ether oxygens (including phenoxy) is 2. The topological polar surface area (TPSA) is 38.7 Å². The third-order valence-electron chi connectivity index (χ3n) is 2.51. The van der Waals surface area contributed by atoms with Crippen LogP contribution in [0.4, 0.5) is 0 Å². The fourth-order valence-electron chi connectivity index (χ4n) is 1.53. The highest BCUT2D eigenvalue weighted by atomic mass is 32.2. The number of benzene rings is 1. The van der Waals surface area contributed by atoms with E-state index in [1.807, 2.05) is 23.9 Å². The predicted molar refractivity (Wildman–Crippen MR) is 65.0 cm³/mol. The van der Waals surface area contributed by atoms with E-state index in [0.29, 0.717) is 12.0 Å². The van der Waals surface area contributed by atoms with Gasteiger partial charge < -0.3 is 14.6 Å². The van der Waals surface area contributed by atoms with E-state index < -0.39 is 0 Å². The van der Waals surface area contributed by atoms with Crippen LogP contribution in [-0.4, -0.2) is 23.8 Å². The average Bonchev–Trinajstić information content (AvgIpc) is 2.74. The molecule has 1 unspecified atom stereocenters. The molecule has 1 aliphatic heterocycles. The summed E-state index contributed by atoms with van der Waals surface area (Å²) in [5, 5.41) is 9.29. The zero-order chi connectivity index (χ0) is 11.4. The number of aliphatic hydroxyl groups is 1. The molecule has 16 heavy (non-hydrogen) atoms. The van der Waals surface area contributed by atoms with Crippen molar-refractivity contribution in [2.75, 3.05) is 13.4 Å². The standard InChI is InChI=1S/C12H16O3S/c1-9(4-5-13)16-7-10-2-3-11-12(6-10)15-8-14-11/h2-3,6,9,13H,4-5,7-8H2,1H3. The lowest BCUT2D eigenvalue weighted by atomic mass is 10.2. The Morgan fingerprint density at radius 2 is 2.19 bits per heavy atom. The van der Waals surface area contributed by atoms with Crippen molar-refractivity contribution >= 4 is 11.8 Å². The molecule has 1 atom stereocenters. The molecule has 0 saturated carbocycles. The van der Waals surface area contributed by atoms with Gasteiger partial charge in [-0.1, -0.05) is 13.0 Å². The van der Waals surface area contributed by atoms with Gasteiger partial charge in [0, 0.05) is 17.6 Å². The highest BCUT2D eigenvalue weighted by Gasteiger charge is 2.13. The van der Waals surface area contributed by atoms with E-state index >= 15 is 0 Å². The molecule has 3 nitrogen and oxygen atoms in total. The second-order valence-electron chi connectivity index (χ2n) is 3.82. The molecule has 0 amide bonds. The number of fused-ring (bicyclic) bond motifs is 1. The smallest absolute Gasteiger partial charge is 0.231 e. The maximum Gasteiger partial charge on any atom is 0.231 e. The molecule has 1 aromatic rings. The molecule has 1 heterocycles. The van der Waals surface area contributed by atoms with Crippen LogP contribution in [0.15, 0.2) is 18.2 Å². The minimum absolute atomic E-state index is 0.259. The monoisotopic (exact) mass is 240 g/mol. The zero-order valence-corrected chi connectivity index (χ0v) is 10.1. The van der Waals surface area contributed by atoms with Crippen LogP contribution in [0.25, 0.3) is 0 Å². The van der Waals surface area contributed by atoms with Crippen LogP contribution in [0.1, 0.15) is 18.9 Å². The van der Waals surface area contributed by atoms with Gasteiger partial charge in [0.05, 0.1) is 0 Å². The van der Waals surface area contributed by atoms with Crippen LogP contribution >= 0.6 is 11.8 Å². The highest BCUT2D eigenvalue weighted by Crippen LogP contribution is 2.33. The lowest BCUT2D eigenvalue weighted by Gasteiger charge is -2.09. The number of rotatable bonds is 5. The maximum atomic E-state index is 8.81. The van der Waals surface area contributed by atoms with Gasteiger partial charge in [0.1, 0.15) is 0 Å². The van der Waals surface area contributed by atoms with Gasteiger partial charge >= 0.3 is 0 Å². The Morgan fingerprint density at radius 3 is 3.00 bits per heavy atom. The van der Waals surface area contributed by atoms with Crippen molar-refractivity contribution in [2.24, 2.45) is 0 Å². The van der Waals surface area contributed by atoms with Gasteiger partial charge in [-0.15, -0.1) is 0 Å². The van der Waals surface area contributed by atoms with Gasteiger partial charge in [-0.05, 0) is 24.1 Å². The first-order valence-corrected chi connectivity index (χ1v) is 6.45. The van der Waals surface area contributed by atoms with Gasteiger partial charge in [0.15, 0.2) is 11.5 Å². The third-order valence-corrected chi connectivity index (χ3v) is 3.81. The van der Waals surface area contributed by atoms with E-state index in [0.717, 1.165) is 23.7 Å². The molecule has 0 saturated heterocycles. The van der Waals surface area contributed by atoms with Gasteiger partial charge in [-0.2, -0.15) is 11.8 Å². The molecule has 0 spiro atoms. The van der Waals surface area contributed by atoms with E-state index in [1.165, 1.54) is 5.56 Å². The number of thioether (sulfide) groups is 1. The molecule has 0 radical (unpaired) electrons. The molecule has 0 aromatic heterocycles. The molecule has 4 heteroatoms. The molecule has 2 rings (SSSR count). The van der Waals surface area contributed by atoms with Crippen molar-refractivity contribution in [3.63, 3.8) is 0 Å². The minimum Gasteiger partial charge on any atom is -0.454 e.